The van der Waals surface area contributed by atoms with Gasteiger partial charge in [0.15, 0.2) is 17.7 Å². The Bertz CT molecular complexity index is 2330. The van der Waals surface area contributed by atoms with Crippen molar-refractivity contribution >= 4 is 75.6 Å². The molecule has 0 aromatic heterocycles. The van der Waals surface area contributed by atoms with E-state index in [0.717, 1.165) is 10.8 Å². The van der Waals surface area contributed by atoms with Crippen LogP contribution in [-0.4, -0.2) is 114 Å². The van der Waals surface area contributed by atoms with Gasteiger partial charge in [-0.25, -0.2) is 0 Å². The average molecular weight is 958 g/mol. The van der Waals surface area contributed by atoms with Crippen molar-refractivity contribution in [3.63, 3.8) is 0 Å². The highest BCUT2D eigenvalue weighted by molar-refractivity contribution is 6.03. The molecule has 3 aromatic carbocycles. The quantitative estimate of drug-likeness (QED) is 0.0193. The number of aliphatic carboxylic acids is 1. The predicted octanol–water partition coefficient (Wildman–Crippen LogP) is 0.332. The second kappa shape index (κ2) is 27.8. The highest BCUT2D eigenvalue weighted by Gasteiger charge is 2.35. The minimum absolute atomic E-state index is 0.00856. The van der Waals surface area contributed by atoms with E-state index in [1.807, 2.05) is 36.4 Å². The number of rotatable bonds is 29. The number of carboxylic acids is 1. The molecule has 6 amide bonds. The molecular formula is C47H67N13O9. The summed E-state index contributed by atoms with van der Waals surface area (Å²) >= 11 is 0. The van der Waals surface area contributed by atoms with Gasteiger partial charge in [-0.15, -0.1) is 0 Å². The van der Waals surface area contributed by atoms with Gasteiger partial charge in [0.05, 0.1) is 13.0 Å². The number of carbonyl (C=O) groups excluding carboxylic acids is 7. The van der Waals surface area contributed by atoms with E-state index in [1.165, 1.54) is 12.1 Å². The second-order valence-electron chi connectivity index (χ2n) is 16.7. The average Bonchev–Trinajstić information content (AvgIpc) is 3.31. The van der Waals surface area contributed by atoms with Crippen LogP contribution in [0.3, 0.4) is 0 Å². The fourth-order valence-corrected chi connectivity index (χ4v) is 7.03. The molecule has 0 heterocycles. The fourth-order valence-electron chi connectivity index (χ4n) is 7.03. The van der Waals surface area contributed by atoms with Crippen molar-refractivity contribution in [2.75, 3.05) is 25.0 Å². The maximum Gasteiger partial charge on any atom is 0.305 e. The molecule has 374 valence electrons. The van der Waals surface area contributed by atoms with Crippen LogP contribution in [0.5, 0.6) is 0 Å². The summed E-state index contributed by atoms with van der Waals surface area (Å²) in [6.45, 7) is 7.05. The lowest BCUT2D eigenvalue weighted by Crippen LogP contribution is -2.60. The Kier molecular flexibility index (Phi) is 22.3. The molecule has 22 heteroatoms. The third-order valence-corrected chi connectivity index (χ3v) is 11.4. The number of hydrogen-bond acceptors (Lipinski definition) is 11. The van der Waals surface area contributed by atoms with E-state index in [1.54, 1.807) is 45.9 Å². The van der Waals surface area contributed by atoms with E-state index < -0.39 is 84.0 Å². The van der Waals surface area contributed by atoms with E-state index in [0.29, 0.717) is 24.1 Å². The topological polar surface area (TPSA) is 384 Å². The third-order valence-electron chi connectivity index (χ3n) is 11.4. The van der Waals surface area contributed by atoms with Gasteiger partial charge < -0.3 is 65.7 Å². The van der Waals surface area contributed by atoms with Gasteiger partial charge in [0.25, 0.3) is 5.91 Å². The molecule has 7 atom stereocenters. The molecule has 3 rings (SSSR count). The summed E-state index contributed by atoms with van der Waals surface area (Å²) in [5.74, 6) is -7.96. The van der Waals surface area contributed by atoms with Crippen molar-refractivity contribution in [3.8, 4) is 0 Å². The third kappa shape index (κ3) is 18.4. The number of ketones is 1. The van der Waals surface area contributed by atoms with Crippen molar-refractivity contribution < 1.29 is 43.5 Å². The zero-order chi connectivity index (χ0) is 51.2. The minimum atomic E-state index is -1.75. The molecule has 0 fully saturated rings. The summed E-state index contributed by atoms with van der Waals surface area (Å²) in [5, 5.41) is 27.6. The number of carboxylic acid groups (broad SMARTS) is 1. The highest BCUT2D eigenvalue weighted by atomic mass is 16.4. The predicted molar refractivity (Wildman–Crippen MR) is 262 cm³/mol. The standard InChI is InChI=1S/C47H67N13O9/c1-5-26(3)38(40(48)64)59-42(66)34(14-10-22-54-47(51)52)57-44(68)35(24-37(62)63)58-45(69)39(27(4)6-2)60-43(67)33(13-9-21-53-46(49)50)56-41(65)29-17-19-32(20-18-29)55-25-36(61)31-16-15-28-11-7-8-12-30(28)23-31/h7-8,11-12,15-20,23,26-27,33-35,38-39,55H,5-6,9-10,13-14,21-22,24-25H2,1-4H3,(H2,48,64)(H,56,65)(H,57,68)(H,58,69)(H,59,66)(H,60,67)(H,62,63)(H4,49,50,53)(H4,51,52,54)/t26-,27-,33-,34-,35-,38-,39-/m0/s1. The number of fused-ring (bicyclic) bond motifs is 1. The van der Waals surface area contributed by atoms with Crippen LogP contribution in [0.1, 0.15) is 93.4 Å². The Morgan fingerprint density at radius 3 is 1.61 bits per heavy atom. The summed E-state index contributed by atoms with van der Waals surface area (Å²) in [7, 11) is 0. The molecule has 0 unspecified atom stereocenters. The van der Waals surface area contributed by atoms with Gasteiger partial charge in [-0.3, -0.25) is 48.3 Å². The van der Waals surface area contributed by atoms with Gasteiger partial charge in [-0.2, -0.15) is 0 Å². The van der Waals surface area contributed by atoms with Gasteiger partial charge in [0.1, 0.15) is 30.2 Å². The molecule has 0 saturated carbocycles. The molecule has 0 aliphatic heterocycles. The largest absolute Gasteiger partial charge is 0.481 e. The number of carbonyl (C=O) groups is 8. The molecule has 0 saturated heterocycles. The van der Waals surface area contributed by atoms with Crippen LogP contribution in [0.15, 0.2) is 76.7 Å². The van der Waals surface area contributed by atoms with E-state index in [9.17, 15) is 43.5 Å². The van der Waals surface area contributed by atoms with Gasteiger partial charge in [0.2, 0.25) is 29.5 Å². The lowest BCUT2D eigenvalue weighted by Gasteiger charge is -2.29. The zero-order valence-electron chi connectivity index (χ0n) is 39.5. The van der Waals surface area contributed by atoms with Crippen LogP contribution in [0, 0.1) is 11.8 Å². The number of benzene rings is 3. The molecule has 0 radical (unpaired) electrons. The summed E-state index contributed by atoms with van der Waals surface area (Å²) in [5.41, 5.74) is 28.6. The molecule has 69 heavy (non-hydrogen) atoms. The maximum atomic E-state index is 14.0. The number of primary amides is 1. The first kappa shape index (κ1) is 55.5. The van der Waals surface area contributed by atoms with E-state index in [4.69, 9.17) is 28.7 Å². The summed E-state index contributed by atoms with van der Waals surface area (Å²) in [6.07, 6.45) is 0.237. The molecule has 0 aliphatic rings. The Morgan fingerprint density at radius 2 is 1.07 bits per heavy atom. The first-order valence-corrected chi connectivity index (χ1v) is 22.7. The number of nitrogens with two attached hydrogens (primary N) is 5. The summed E-state index contributed by atoms with van der Waals surface area (Å²) in [4.78, 5) is 114. The number of aliphatic imine (C=N–C) groups is 2. The Morgan fingerprint density at radius 1 is 0.580 bits per heavy atom. The summed E-state index contributed by atoms with van der Waals surface area (Å²) < 4.78 is 0. The number of guanidine groups is 2. The van der Waals surface area contributed by atoms with Crippen molar-refractivity contribution in [3.05, 3.63) is 77.9 Å². The minimum Gasteiger partial charge on any atom is -0.481 e. The van der Waals surface area contributed by atoms with Gasteiger partial charge >= 0.3 is 5.97 Å². The van der Waals surface area contributed by atoms with Crippen molar-refractivity contribution in [2.45, 2.75) is 103 Å². The molecule has 0 aliphatic carbocycles. The Labute approximate surface area is 400 Å². The van der Waals surface area contributed by atoms with Crippen LogP contribution in [-0.2, 0) is 28.8 Å². The van der Waals surface area contributed by atoms with Crippen molar-refractivity contribution in [1.29, 1.82) is 0 Å². The first-order valence-electron chi connectivity index (χ1n) is 22.7. The van der Waals surface area contributed by atoms with Crippen LogP contribution in [0.4, 0.5) is 5.69 Å². The lowest BCUT2D eigenvalue weighted by molar-refractivity contribution is -0.141. The first-order chi connectivity index (χ1) is 32.7. The molecule has 0 spiro atoms. The molecule has 3 aromatic rings. The van der Waals surface area contributed by atoms with E-state index in [-0.39, 0.29) is 74.5 Å². The molecular weight excluding hydrogens is 891 g/mol. The van der Waals surface area contributed by atoms with Crippen LogP contribution < -0.4 is 60.6 Å². The van der Waals surface area contributed by atoms with Gasteiger partial charge in [-0.1, -0.05) is 76.9 Å². The monoisotopic (exact) mass is 958 g/mol. The number of Topliss-reactive ketones (excluding diaryl/α,β-unsaturated/α-hetero) is 1. The van der Waals surface area contributed by atoms with Crippen LogP contribution in [0.2, 0.25) is 0 Å². The molecule has 22 nitrogen and oxygen atoms in total. The number of hydrogen-bond donors (Lipinski definition) is 12. The normalized spacial score (nSPS) is 13.9. The van der Waals surface area contributed by atoms with Crippen LogP contribution >= 0.6 is 0 Å². The van der Waals surface area contributed by atoms with Gasteiger partial charge in [0, 0.05) is 29.9 Å². The number of anilines is 1. The highest BCUT2D eigenvalue weighted by Crippen LogP contribution is 2.18. The lowest BCUT2D eigenvalue weighted by atomic mass is 9.96. The van der Waals surface area contributed by atoms with Crippen molar-refractivity contribution in [2.24, 2.45) is 50.5 Å². The number of nitrogens with zero attached hydrogens (tertiary/aromatic N) is 2. The molecule has 17 N–H and O–H groups in total. The number of amides is 6. The van der Waals surface area contributed by atoms with Crippen molar-refractivity contribution in [1.82, 2.24) is 26.6 Å². The number of nitrogens with one attached hydrogen (secondary N) is 6. The zero-order valence-corrected chi connectivity index (χ0v) is 39.5. The Balaban J connectivity index is 1.79. The van der Waals surface area contributed by atoms with Crippen LogP contribution in [0.25, 0.3) is 10.8 Å². The maximum absolute atomic E-state index is 14.0. The van der Waals surface area contributed by atoms with E-state index >= 15 is 0 Å². The SMILES string of the molecule is CC[C@H](C)[C@H](NC(=O)[C@H](CCCN=C(N)N)NC(=O)[C@H](CC(=O)O)NC(=O)[C@@H](NC(=O)[C@H](CCCN=C(N)N)NC(=O)c1ccc(NCC(=O)c2ccc3ccccc3c2)cc1)[C@@H](C)CC)C(N)=O. The summed E-state index contributed by atoms with van der Waals surface area (Å²) in [6, 6.07) is 12.6. The van der Waals surface area contributed by atoms with Gasteiger partial charge in [-0.05, 0) is 78.6 Å². The molecule has 0 bridgehead atoms. The second-order valence-corrected chi connectivity index (χ2v) is 16.7. The fraction of sp³-hybridized carbons (Fsp3) is 0.447. The Hall–Kier alpha value is -7.78. The smallest absolute Gasteiger partial charge is 0.305 e. The van der Waals surface area contributed by atoms with E-state index in [2.05, 4.69) is 41.9 Å².